The molecule has 4 aromatic rings. The van der Waals surface area contributed by atoms with Crippen LogP contribution in [-0.4, -0.2) is 62.7 Å². The number of nitrogens with zero attached hydrogens (tertiary/aromatic N) is 6. The van der Waals surface area contributed by atoms with Gasteiger partial charge in [0.05, 0.1) is 31.9 Å². The standard InChI is InChI=1S/C23H22ClFN6O5S/c1-13(21(32)22-26-10-14(25)11-27-22)37(33,34)12-19-29-30-23(15-6-4-9-18(24)28-15)31(19)20-16(35-2)7-5-8-17(20)36-3/h4-11,13,21,32H,12H2,1-3H3/t13-,21-/m0/s1. The van der Waals surface area contributed by atoms with E-state index in [1.165, 1.54) is 25.7 Å². The van der Waals surface area contributed by atoms with Crippen LogP contribution in [0.1, 0.15) is 24.7 Å². The summed E-state index contributed by atoms with van der Waals surface area (Å²) in [5.41, 5.74) is 0.666. The summed E-state index contributed by atoms with van der Waals surface area (Å²) >= 11 is 6.09. The van der Waals surface area contributed by atoms with Crippen LogP contribution in [0, 0.1) is 5.82 Å². The van der Waals surface area contributed by atoms with Gasteiger partial charge in [-0.1, -0.05) is 23.7 Å². The van der Waals surface area contributed by atoms with Gasteiger partial charge in [0.2, 0.25) is 0 Å². The van der Waals surface area contributed by atoms with Gasteiger partial charge in [-0.05, 0) is 31.2 Å². The Balaban J connectivity index is 1.83. The van der Waals surface area contributed by atoms with Crippen LogP contribution in [-0.2, 0) is 15.6 Å². The monoisotopic (exact) mass is 548 g/mol. The minimum absolute atomic E-state index is 0.00125. The van der Waals surface area contributed by atoms with E-state index >= 15 is 0 Å². The molecule has 0 aliphatic carbocycles. The molecule has 0 saturated carbocycles. The van der Waals surface area contributed by atoms with E-state index in [0.29, 0.717) is 22.9 Å². The largest absolute Gasteiger partial charge is 0.494 e. The molecule has 0 fully saturated rings. The SMILES string of the molecule is COc1cccc(OC)c1-n1c(CS(=O)(=O)[C@@H](C)[C@H](O)c2ncc(F)cn2)nnc1-c1cccc(Cl)n1. The molecule has 1 N–H and O–H groups in total. The first-order valence-electron chi connectivity index (χ1n) is 10.8. The number of hydrogen-bond donors (Lipinski definition) is 1. The molecule has 11 nitrogen and oxygen atoms in total. The van der Waals surface area contributed by atoms with Crippen LogP contribution in [0.4, 0.5) is 4.39 Å². The maximum absolute atomic E-state index is 13.4. The normalized spacial score (nSPS) is 13.2. The lowest BCUT2D eigenvalue weighted by atomic mass is 10.2. The second-order valence-electron chi connectivity index (χ2n) is 7.85. The van der Waals surface area contributed by atoms with E-state index in [1.807, 2.05) is 0 Å². The van der Waals surface area contributed by atoms with Gasteiger partial charge in [0.25, 0.3) is 0 Å². The van der Waals surface area contributed by atoms with E-state index in [9.17, 15) is 17.9 Å². The third kappa shape index (κ3) is 5.38. The van der Waals surface area contributed by atoms with Crippen LogP contribution in [0.3, 0.4) is 0 Å². The summed E-state index contributed by atoms with van der Waals surface area (Å²) in [7, 11) is -1.18. The predicted octanol–water partition coefficient (Wildman–Crippen LogP) is 2.97. The third-order valence-corrected chi connectivity index (χ3v) is 7.81. The van der Waals surface area contributed by atoms with Gasteiger partial charge in [-0.25, -0.2) is 27.8 Å². The van der Waals surface area contributed by atoms with Crippen molar-refractivity contribution in [2.24, 2.45) is 0 Å². The van der Waals surface area contributed by atoms with Gasteiger partial charge in [0, 0.05) is 0 Å². The zero-order chi connectivity index (χ0) is 26.7. The fourth-order valence-electron chi connectivity index (χ4n) is 3.59. The number of para-hydroxylation sites is 1. The molecule has 14 heteroatoms. The Morgan fingerprint density at radius 3 is 2.27 bits per heavy atom. The topological polar surface area (TPSA) is 142 Å². The number of rotatable bonds is 9. The molecule has 0 spiro atoms. The summed E-state index contributed by atoms with van der Waals surface area (Å²) in [6.07, 6.45) is 0.0799. The molecule has 0 amide bonds. The Morgan fingerprint density at radius 2 is 1.68 bits per heavy atom. The number of aromatic nitrogens is 6. The molecule has 0 aliphatic heterocycles. The van der Waals surface area contributed by atoms with E-state index in [2.05, 4.69) is 25.1 Å². The van der Waals surface area contributed by atoms with Gasteiger partial charge in [0.1, 0.15) is 39.9 Å². The quantitative estimate of drug-likeness (QED) is 0.310. The molecule has 0 unspecified atom stereocenters. The number of hydrogen-bond acceptors (Lipinski definition) is 10. The molecule has 37 heavy (non-hydrogen) atoms. The van der Waals surface area contributed by atoms with Crippen molar-refractivity contribution in [3.05, 3.63) is 71.4 Å². The van der Waals surface area contributed by atoms with Gasteiger partial charge in [-0.15, -0.1) is 10.2 Å². The van der Waals surface area contributed by atoms with Crippen molar-refractivity contribution in [3.63, 3.8) is 0 Å². The van der Waals surface area contributed by atoms with Crippen LogP contribution in [0.15, 0.2) is 48.8 Å². The molecule has 194 valence electrons. The van der Waals surface area contributed by atoms with Crippen LogP contribution in [0.2, 0.25) is 5.15 Å². The lowest BCUT2D eigenvalue weighted by molar-refractivity contribution is 0.165. The maximum Gasteiger partial charge on any atom is 0.187 e. The zero-order valence-electron chi connectivity index (χ0n) is 19.9. The molecule has 3 aromatic heterocycles. The average Bonchev–Trinajstić information content (AvgIpc) is 3.29. The lowest BCUT2D eigenvalue weighted by Gasteiger charge is -2.20. The van der Waals surface area contributed by atoms with Crippen molar-refractivity contribution in [2.75, 3.05) is 14.2 Å². The summed E-state index contributed by atoms with van der Waals surface area (Å²) < 4.78 is 52.5. The number of ether oxygens (including phenoxy) is 2. The Labute approximate surface area is 216 Å². The number of aliphatic hydroxyl groups is 1. The molecule has 4 rings (SSSR count). The smallest absolute Gasteiger partial charge is 0.187 e. The van der Waals surface area contributed by atoms with E-state index < -0.39 is 32.8 Å². The fourth-order valence-corrected chi connectivity index (χ4v) is 5.08. The van der Waals surface area contributed by atoms with Crippen LogP contribution < -0.4 is 9.47 Å². The Kier molecular flexibility index (Phi) is 7.66. The van der Waals surface area contributed by atoms with Gasteiger partial charge >= 0.3 is 0 Å². The number of halogens is 2. The summed E-state index contributed by atoms with van der Waals surface area (Å²) in [6.45, 7) is 1.30. The average molecular weight is 549 g/mol. The highest BCUT2D eigenvalue weighted by atomic mass is 35.5. The number of pyridine rings is 1. The highest BCUT2D eigenvalue weighted by molar-refractivity contribution is 7.91. The van der Waals surface area contributed by atoms with Crippen molar-refractivity contribution >= 4 is 21.4 Å². The second kappa shape index (κ2) is 10.7. The molecular weight excluding hydrogens is 527 g/mol. The van der Waals surface area contributed by atoms with Crippen molar-refractivity contribution < 1.29 is 27.4 Å². The first-order valence-corrected chi connectivity index (χ1v) is 12.9. The number of sulfone groups is 1. The Hall–Kier alpha value is -3.68. The van der Waals surface area contributed by atoms with Crippen LogP contribution in [0.5, 0.6) is 11.5 Å². The van der Waals surface area contributed by atoms with Crippen molar-refractivity contribution in [1.82, 2.24) is 29.7 Å². The Morgan fingerprint density at radius 1 is 1.05 bits per heavy atom. The van der Waals surface area contributed by atoms with E-state index in [4.69, 9.17) is 21.1 Å². The molecule has 2 atom stereocenters. The second-order valence-corrected chi connectivity index (χ2v) is 10.6. The third-order valence-electron chi connectivity index (χ3n) is 5.55. The van der Waals surface area contributed by atoms with Gasteiger partial charge in [-0.2, -0.15) is 0 Å². The molecule has 1 aromatic carbocycles. The molecule has 0 radical (unpaired) electrons. The summed E-state index contributed by atoms with van der Waals surface area (Å²) in [4.78, 5) is 11.7. The molecular formula is C23H22ClFN6O5S. The molecule has 0 bridgehead atoms. The zero-order valence-corrected chi connectivity index (χ0v) is 21.5. The van der Waals surface area contributed by atoms with E-state index in [1.54, 1.807) is 36.4 Å². The van der Waals surface area contributed by atoms with Gasteiger partial charge in [-0.3, -0.25) is 4.57 Å². The fraction of sp³-hybridized carbons (Fsp3) is 0.261. The number of aliphatic hydroxyl groups excluding tert-OH is 1. The molecule has 0 aliphatic rings. The van der Waals surface area contributed by atoms with E-state index in [0.717, 1.165) is 12.4 Å². The molecule has 0 saturated heterocycles. The molecule has 3 heterocycles. The van der Waals surface area contributed by atoms with Crippen molar-refractivity contribution in [1.29, 1.82) is 0 Å². The lowest BCUT2D eigenvalue weighted by Crippen LogP contribution is -2.29. The summed E-state index contributed by atoms with van der Waals surface area (Å²) in [6, 6.07) is 9.94. The highest BCUT2D eigenvalue weighted by Crippen LogP contribution is 2.37. The minimum Gasteiger partial charge on any atom is -0.494 e. The first kappa shape index (κ1) is 26.4. The highest BCUT2D eigenvalue weighted by Gasteiger charge is 2.34. The predicted molar refractivity (Wildman–Crippen MR) is 132 cm³/mol. The van der Waals surface area contributed by atoms with E-state index in [-0.39, 0.29) is 22.6 Å². The Bertz CT molecular complexity index is 1490. The van der Waals surface area contributed by atoms with Gasteiger partial charge < -0.3 is 14.6 Å². The minimum atomic E-state index is -4.09. The van der Waals surface area contributed by atoms with Crippen molar-refractivity contribution in [3.8, 4) is 28.7 Å². The summed E-state index contributed by atoms with van der Waals surface area (Å²) in [5, 5.41) is 17.8. The van der Waals surface area contributed by atoms with Crippen LogP contribution >= 0.6 is 11.6 Å². The maximum atomic E-state index is 13.4. The summed E-state index contributed by atoms with van der Waals surface area (Å²) in [5.74, 6) is -0.685. The number of methoxy groups -OCH3 is 2. The van der Waals surface area contributed by atoms with Crippen molar-refractivity contribution in [2.45, 2.75) is 24.0 Å². The number of benzene rings is 1. The van der Waals surface area contributed by atoms with Crippen LogP contribution in [0.25, 0.3) is 17.2 Å². The van der Waals surface area contributed by atoms with Gasteiger partial charge in [0.15, 0.2) is 33.1 Å². The first-order chi connectivity index (χ1) is 17.7.